The molecule has 1 heterocycles. The van der Waals surface area contributed by atoms with Gasteiger partial charge in [0, 0.05) is 26.7 Å². The van der Waals surface area contributed by atoms with E-state index in [0.717, 1.165) is 25.1 Å². The number of hydrogen-bond donors (Lipinski definition) is 1. The minimum atomic E-state index is -0.167. The van der Waals surface area contributed by atoms with Crippen molar-refractivity contribution in [1.29, 1.82) is 0 Å². The van der Waals surface area contributed by atoms with Gasteiger partial charge in [-0.1, -0.05) is 31.2 Å². The van der Waals surface area contributed by atoms with E-state index < -0.39 is 0 Å². The molecule has 0 aliphatic carbocycles. The summed E-state index contributed by atoms with van der Waals surface area (Å²) in [6.45, 7) is 6.59. The van der Waals surface area contributed by atoms with E-state index in [-0.39, 0.29) is 18.1 Å². The summed E-state index contributed by atoms with van der Waals surface area (Å²) in [5.74, 6) is 0.0256. The lowest BCUT2D eigenvalue weighted by Gasteiger charge is -2.39. The van der Waals surface area contributed by atoms with Crippen molar-refractivity contribution in [3.05, 3.63) is 35.4 Å². The van der Waals surface area contributed by atoms with Crippen LogP contribution < -0.4 is 5.32 Å². The molecule has 1 aliphatic rings. The number of carbonyl (C=O) groups is 1. The Morgan fingerprint density at radius 2 is 1.90 bits per heavy atom. The fraction of sp³-hybridized carbons (Fsp3) is 0.562. The van der Waals surface area contributed by atoms with Crippen LogP contribution in [0.25, 0.3) is 0 Å². The van der Waals surface area contributed by atoms with Crippen molar-refractivity contribution in [3.8, 4) is 0 Å². The number of aryl methyl sites for hydroxylation is 1. The normalized spacial score (nSPS) is 16.6. The summed E-state index contributed by atoms with van der Waals surface area (Å²) in [6, 6.07) is 8.40. The summed E-state index contributed by atoms with van der Waals surface area (Å²) in [4.78, 5) is 13.8. The molecule has 1 saturated heterocycles. The second-order valence-corrected chi connectivity index (χ2v) is 5.76. The molecule has 0 radical (unpaired) electrons. The number of hydrogen-bond acceptors (Lipinski definition) is 3. The zero-order chi connectivity index (χ0) is 14.6. The van der Waals surface area contributed by atoms with E-state index in [2.05, 4.69) is 36.5 Å². The Hall–Kier alpha value is -1.39. The number of rotatable bonds is 6. The smallest absolute Gasteiger partial charge is 0.248 e. The summed E-state index contributed by atoms with van der Waals surface area (Å²) in [5, 5.41) is 3.16. The topological polar surface area (TPSA) is 41.6 Å². The van der Waals surface area contributed by atoms with Crippen molar-refractivity contribution < 1.29 is 9.53 Å². The molecular formula is C16H24N2O2. The van der Waals surface area contributed by atoms with Crippen LogP contribution >= 0.6 is 0 Å². The summed E-state index contributed by atoms with van der Waals surface area (Å²) in [5.41, 5.74) is 2.30. The van der Waals surface area contributed by atoms with E-state index in [9.17, 15) is 4.79 Å². The average Bonchev–Trinajstić information content (AvgIpc) is 2.43. The van der Waals surface area contributed by atoms with Gasteiger partial charge in [-0.3, -0.25) is 4.79 Å². The van der Waals surface area contributed by atoms with Crippen LogP contribution in [-0.2, 0) is 22.5 Å². The van der Waals surface area contributed by atoms with Gasteiger partial charge in [0.25, 0.3) is 0 Å². The molecule has 0 saturated carbocycles. The van der Waals surface area contributed by atoms with Gasteiger partial charge in [0.2, 0.25) is 5.91 Å². The minimum absolute atomic E-state index is 0.0256. The van der Waals surface area contributed by atoms with Gasteiger partial charge in [-0.25, -0.2) is 0 Å². The highest BCUT2D eigenvalue weighted by Gasteiger charge is 2.33. The van der Waals surface area contributed by atoms with E-state index in [1.54, 1.807) is 4.90 Å². The van der Waals surface area contributed by atoms with Gasteiger partial charge in [0.15, 0.2) is 0 Å². The Morgan fingerprint density at radius 1 is 1.30 bits per heavy atom. The van der Waals surface area contributed by atoms with Crippen LogP contribution in [0.3, 0.4) is 0 Å². The van der Waals surface area contributed by atoms with Crippen molar-refractivity contribution >= 4 is 5.91 Å². The zero-order valence-electron chi connectivity index (χ0n) is 12.6. The molecule has 0 spiro atoms. The fourth-order valence-electron chi connectivity index (χ4n) is 2.17. The molecule has 2 rings (SSSR count). The SMILES string of the molecule is CCc1ccc(CN(C)C(=O)COC2(C)CNC2)cc1. The van der Waals surface area contributed by atoms with E-state index in [4.69, 9.17) is 4.74 Å². The van der Waals surface area contributed by atoms with Gasteiger partial charge in [-0.15, -0.1) is 0 Å². The molecule has 1 aromatic rings. The highest BCUT2D eigenvalue weighted by Crippen LogP contribution is 2.15. The third-order valence-electron chi connectivity index (χ3n) is 3.82. The lowest BCUT2D eigenvalue weighted by Crippen LogP contribution is -2.59. The molecule has 0 aromatic heterocycles. The minimum Gasteiger partial charge on any atom is -0.363 e. The zero-order valence-corrected chi connectivity index (χ0v) is 12.6. The molecule has 0 unspecified atom stereocenters. The maximum absolute atomic E-state index is 12.0. The van der Waals surface area contributed by atoms with Gasteiger partial charge in [0.1, 0.15) is 6.61 Å². The monoisotopic (exact) mass is 276 g/mol. The van der Waals surface area contributed by atoms with Crippen molar-refractivity contribution in [2.45, 2.75) is 32.4 Å². The predicted molar refractivity (Wildman–Crippen MR) is 79.5 cm³/mol. The highest BCUT2D eigenvalue weighted by molar-refractivity contribution is 5.77. The van der Waals surface area contributed by atoms with Crippen molar-refractivity contribution in [2.75, 3.05) is 26.7 Å². The molecule has 0 atom stereocenters. The van der Waals surface area contributed by atoms with E-state index >= 15 is 0 Å². The van der Waals surface area contributed by atoms with Crippen LogP contribution in [0, 0.1) is 0 Å². The molecular weight excluding hydrogens is 252 g/mol. The highest BCUT2D eigenvalue weighted by atomic mass is 16.5. The summed E-state index contributed by atoms with van der Waals surface area (Å²) in [7, 11) is 1.82. The van der Waals surface area contributed by atoms with Gasteiger partial charge in [0.05, 0.1) is 5.60 Å². The third-order valence-corrected chi connectivity index (χ3v) is 3.82. The second kappa shape index (κ2) is 6.37. The Bertz CT molecular complexity index is 452. The van der Waals surface area contributed by atoms with E-state index in [0.29, 0.717) is 6.54 Å². The van der Waals surface area contributed by atoms with Gasteiger partial charge < -0.3 is 15.0 Å². The molecule has 0 bridgehead atoms. The van der Waals surface area contributed by atoms with E-state index in [1.807, 2.05) is 14.0 Å². The standard InChI is InChI=1S/C16H24N2O2/c1-4-13-5-7-14(8-6-13)9-18(3)15(19)10-20-16(2)11-17-12-16/h5-8,17H,4,9-12H2,1-3H3. The molecule has 4 nitrogen and oxygen atoms in total. The summed E-state index contributed by atoms with van der Waals surface area (Å²) >= 11 is 0. The van der Waals surface area contributed by atoms with Crippen LogP contribution in [0.15, 0.2) is 24.3 Å². The number of amides is 1. The second-order valence-electron chi connectivity index (χ2n) is 5.76. The maximum atomic E-state index is 12.0. The van der Waals surface area contributed by atoms with Crippen LogP contribution in [0.5, 0.6) is 0 Å². The number of carbonyl (C=O) groups excluding carboxylic acids is 1. The largest absolute Gasteiger partial charge is 0.363 e. The first-order chi connectivity index (χ1) is 9.52. The van der Waals surface area contributed by atoms with Gasteiger partial charge >= 0.3 is 0 Å². The molecule has 4 heteroatoms. The van der Waals surface area contributed by atoms with Crippen LogP contribution in [0.2, 0.25) is 0 Å². The quantitative estimate of drug-likeness (QED) is 0.858. The predicted octanol–water partition coefficient (Wildman–Crippen LogP) is 1.59. The molecule has 1 aromatic carbocycles. The number of nitrogens with zero attached hydrogens (tertiary/aromatic N) is 1. The summed E-state index contributed by atoms with van der Waals surface area (Å²) < 4.78 is 5.67. The first-order valence-electron chi connectivity index (χ1n) is 7.19. The number of likely N-dealkylation sites (N-methyl/N-ethyl adjacent to an activating group) is 1. The Balaban J connectivity index is 1.80. The fourth-order valence-corrected chi connectivity index (χ4v) is 2.17. The Morgan fingerprint density at radius 3 is 2.40 bits per heavy atom. The van der Waals surface area contributed by atoms with Crippen molar-refractivity contribution in [3.63, 3.8) is 0 Å². The lowest BCUT2D eigenvalue weighted by molar-refractivity contribution is -0.145. The van der Waals surface area contributed by atoms with Crippen LogP contribution in [0.4, 0.5) is 0 Å². The van der Waals surface area contributed by atoms with Gasteiger partial charge in [-0.2, -0.15) is 0 Å². The molecule has 1 aliphatic heterocycles. The van der Waals surface area contributed by atoms with Crippen LogP contribution in [-0.4, -0.2) is 43.2 Å². The number of benzene rings is 1. The molecule has 1 fully saturated rings. The Kier molecular flexibility index (Phi) is 4.78. The van der Waals surface area contributed by atoms with Crippen molar-refractivity contribution in [1.82, 2.24) is 10.2 Å². The first-order valence-corrected chi connectivity index (χ1v) is 7.19. The molecule has 20 heavy (non-hydrogen) atoms. The van der Waals surface area contributed by atoms with Gasteiger partial charge in [-0.05, 0) is 24.5 Å². The number of ether oxygens (including phenoxy) is 1. The lowest BCUT2D eigenvalue weighted by atomic mass is 10.0. The number of nitrogens with one attached hydrogen (secondary N) is 1. The van der Waals surface area contributed by atoms with Crippen molar-refractivity contribution in [2.24, 2.45) is 0 Å². The third kappa shape index (κ3) is 3.81. The first kappa shape index (κ1) is 15.0. The summed E-state index contributed by atoms with van der Waals surface area (Å²) in [6.07, 6.45) is 1.04. The van der Waals surface area contributed by atoms with Crippen LogP contribution in [0.1, 0.15) is 25.0 Å². The molecule has 110 valence electrons. The maximum Gasteiger partial charge on any atom is 0.248 e. The average molecular weight is 276 g/mol. The van der Waals surface area contributed by atoms with E-state index in [1.165, 1.54) is 5.56 Å². The molecule has 1 amide bonds. The Labute approximate surface area is 121 Å². The molecule has 1 N–H and O–H groups in total.